The van der Waals surface area contributed by atoms with Gasteiger partial charge in [-0.3, -0.25) is 0 Å². The van der Waals surface area contributed by atoms with Crippen molar-refractivity contribution in [3.63, 3.8) is 0 Å². The molecule has 0 spiro atoms. The smallest absolute Gasteiger partial charge is 0.164 e. The average molecular weight is 694 g/mol. The molecule has 0 saturated heterocycles. The van der Waals surface area contributed by atoms with Crippen LogP contribution in [-0.2, 0) is 0 Å². The summed E-state index contributed by atoms with van der Waals surface area (Å²) in [5.74, 6) is 2.01. The van der Waals surface area contributed by atoms with Crippen LogP contribution in [0, 0.1) is 0 Å². The lowest BCUT2D eigenvalue weighted by Gasteiger charge is -2.19. The van der Waals surface area contributed by atoms with Gasteiger partial charge in [-0.1, -0.05) is 171 Å². The maximum atomic E-state index is 5.22. The van der Waals surface area contributed by atoms with E-state index in [1.165, 1.54) is 48.8 Å². The van der Waals surface area contributed by atoms with E-state index < -0.39 is 8.07 Å². The minimum absolute atomic E-state index is 0.661. The van der Waals surface area contributed by atoms with Crippen LogP contribution in [0.4, 0.5) is 0 Å². The van der Waals surface area contributed by atoms with Gasteiger partial charge in [0.2, 0.25) is 0 Å². The van der Waals surface area contributed by atoms with Gasteiger partial charge in [0, 0.05) is 16.7 Å². The number of benzene rings is 8. The second-order valence-corrected chi connectivity index (χ2v) is 18.8. The fourth-order valence-corrected chi connectivity index (χ4v) is 11.2. The van der Waals surface area contributed by atoms with Gasteiger partial charge in [0.15, 0.2) is 17.5 Å². The second-order valence-electron chi connectivity index (χ2n) is 14.5. The van der Waals surface area contributed by atoms with Gasteiger partial charge in [-0.2, -0.15) is 0 Å². The zero-order chi connectivity index (χ0) is 35.5. The van der Waals surface area contributed by atoms with E-state index in [9.17, 15) is 0 Å². The topological polar surface area (TPSA) is 38.7 Å². The minimum atomic E-state index is -1.99. The summed E-state index contributed by atoms with van der Waals surface area (Å²) in [7, 11) is -1.99. The maximum absolute atomic E-state index is 5.22. The van der Waals surface area contributed by atoms with Crippen molar-refractivity contribution in [3.05, 3.63) is 176 Å². The van der Waals surface area contributed by atoms with Gasteiger partial charge in [-0.25, -0.2) is 15.0 Å². The molecule has 0 radical (unpaired) electrons. The summed E-state index contributed by atoms with van der Waals surface area (Å²) in [6.07, 6.45) is 0. The Balaban J connectivity index is 1.13. The van der Waals surface area contributed by atoms with E-state index in [0.29, 0.717) is 17.5 Å². The van der Waals surface area contributed by atoms with Crippen LogP contribution in [0.25, 0.3) is 89.1 Å². The minimum Gasteiger partial charge on any atom is -0.208 e. The molecule has 0 unspecified atom stereocenters. The zero-order valence-electron chi connectivity index (χ0n) is 29.6. The Kier molecular flexibility index (Phi) is 7.27. The molecular formula is C49H35N3Si. The lowest BCUT2D eigenvalue weighted by molar-refractivity contribution is 1.07. The highest BCUT2D eigenvalue weighted by atomic mass is 28.3. The molecule has 1 aliphatic heterocycles. The van der Waals surface area contributed by atoms with E-state index in [1.807, 2.05) is 6.07 Å². The molecule has 0 amide bonds. The van der Waals surface area contributed by atoms with E-state index in [1.54, 1.807) is 0 Å². The molecular weight excluding hydrogens is 659 g/mol. The molecule has 8 aromatic carbocycles. The average Bonchev–Trinajstić information content (AvgIpc) is 3.46. The van der Waals surface area contributed by atoms with Crippen molar-refractivity contribution in [1.29, 1.82) is 0 Å². The molecule has 1 aliphatic rings. The molecule has 53 heavy (non-hydrogen) atoms. The first-order chi connectivity index (χ1) is 26.0. The Morgan fingerprint density at radius 1 is 0.340 bits per heavy atom. The molecule has 2 heterocycles. The van der Waals surface area contributed by atoms with Crippen LogP contribution in [-0.4, -0.2) is 23.0 Å². The number of hydrogen-bond donors (Lipinski definition) is 0. The van der Waals surface area contributed by atoms with E-state index in [4.69, 9.17) is 15.0 Å². The number of nitrogens with zero attached hydrogens (tertiary/aromatic N) is 3. The Morgan fingerprint density at radius 2 is 0.830 bits per heavy atom. The normalized spacial score (nSPS) is 12.9. The van der Waals surface area contributed by atoms with Crippen molar-refractivity contribution < 1.29 is 0 Å². The van der Waals surface area contributed by atoms with Crippen molar-refractivity contribution in [2.24, 2.45) is 0 Å². The summed E-state index contributed by atoms with van der Waals surface area (Å²) in [6.45, 7) is 4.93. The van der Waals surface area contributed by atoms with Crippen LogP contribution in [0.2, 0.25) is 13.1 Å². The van der Waals surface area contributed by atoms with Crippen LogP contribution in [0.5, 0.6) is 0 Å². The van der Waals surface area contributed by atoms with E-state index >= 15 is 0 Å². The first-order valence-corrected chi connectivity index (χ1v) is 21.2. The predicted molar refractivity (Wildman–Crippen MR) is 224 cm³/mol. The Hall–Kier alpha value is -6.49. The summed E-state index contributed by atoms with van der Waals surface area (Å²) < 4.78 is 0. The number of hydrogen-bond acceptors (Lipinski definition) is 3. The van der Waals surface area contributed by atoms with Crippen molar-refractivity contribution in [1.82, 2.24) is 15.0 Å². The first kappa shape index (κ1) is 31.3. The van der Waals surface area contributed by atoms with Crippen molar-refractivity contribution in [2.75, 3.05) is 0 Å². The molecule has 10 rings (SSSR count). The number of rotatable bonds is 5. The van der Waals surface area contributed by atoms with Crippen molar-refractivity contribution in [3.8, 4) is 67.5 Å². The molecule has 9 aromatic rings. The van der Waals surface area contributed by atoms with E-state index in [-0.39, 0.29) is 0 Å². The van der Waals surface area contributed by atoms with Gasteiger partial charge in [0.25, 0.3) is 0 Å². The van der Waals surface area contributed by atoms with Crippen molar-refractivity contribution >= 4 is 40.0 Å². The highest BCUT2D eigenvalue weighted by Gasteiger charge is 2.38. The molecule has 0 fully saturated rings. The van der Waals surface area contributed by atoms with Gasteiger partial charge >= 0.3 is 0 Å². The molecule has 0 saturated carbocycles. The van der Waals surface area contributed by atoms with Crippen LogP contribution in [0.3, 0.4) is 0 Å². The lowest BCUT2D eigenvalue weighted by atomic mass is 9.97. The van der Waals surface area contributed by atoms with Gasteiger partial charge in [-0.05, 0) is 83.5 Å². The molecule has 0 N–H and O–H groups in total. The molecule has 0 aliphatic carbocycles. The zero-order valence-corrected chi connectivity index (χ0v) is 30.6. The summed E-state index contributed by atoms with van der Waals surface area (Å²) >= 11 is 0. The third-order valence-corrected chi connectivity index (χ3v) is 14.4. The summed E-state index contributed by atoms with van der Waals surface area (Å²) in [6, 6.07) is 63.0. The maximum Gasteiger partial charge on any atom is 0.164 e. The lowest BCUT2D eigenvalue weighted by Crippen LogP contribution is -2.49. The van der Waals surface area contributed by atoms with Crippen LogP contribution in [0.15, 0.2) is 176 Å². The molecule has 4 heteroatoms. The summed E-state index contributed by atoms with van der Waals surface area (Å²) in [5, 5.41) is 7.85. The number of aromatic nitrogens is 3. The fourth-order valence-electron chi connectivity index (χ4n) is 8.07. The Bertz CT molecular complexity index is 2860. The summed E-state index contributed by atoms with van der Waals surface area (Å²) in [4.78, 5) is 15.6. The Morgan fingerprint density at radius 3 is 1.53 bits per heavy atom. The summed E-state index contributed by atoms with van der Waals surface area (Å²) in [5.41, 5.74) is 10.4. The van der Waals surface area contributed by atoms with Gasteiger partial charge in [0.05, 0.1) is 0 Å². The van der Waals surface area contributed by atoms with Crippen LogP contribution < -0.4 is 10.4 Å². The van der Waals surface area contributed by atoms with Gasteiger partial charge in [-0.15, -0.1) is 0 Å². The van der Waals surface area contributed by atoms with Gasteiger partial charge in [0.1, 0.15) is 8.07 Å². The fraction of sp³-hybridized carbons (Fsp3) is 0.0408. The molecule has 3 nitrogen and oxygen atoms in total. The molecule has 1 aromatic heterocycles. The highest BCUT2D eigenvalue weighted by Crippen LogP contribution is 2.37. The molecule has 0 bridgehead atoms. The highest BCUT2D eigenvalue weighted by molar-refractivity contribution is 7.04. The predicted octanol–water partition coefficient (Wildman–Crippen LogP) is 11.3. The Labute approximate surface area is 310 Å². The van der Waals surface area contributed by atoms with Crippen LogP contribution in [0.1, 0.15) is 0 Å². The van der Waals surface area contributed by atoms with Gasteiger partial charge < -0.3 is 0 Å². The van der Waals surface area contributed by atoms with Crippen LogP contribution >= 0.6 is 0 Å². The second kappa shape index (κ2) is 12.3. The third-order valence-electron chi connectivity index (χ3n) is 10.9. The standard InChI is InChI=1S/C49H35N3Si/c1-53(2)44-27-25-34-16-9-10-19-42(34)46(44)43-26-24-41(31-45(43)53)49-51-47(39-18-11-17-35(29-39)32-12-5-3-6-13-32)50-48(52-49)40-23-22-37-28-36(20-21-38(37)30-40)33-14-7-4-8-15-33/h3-31H,1-2H3. The molecule has 0 atom stereocenters. The first-order valence-electron chi connectivity index (χ1n) is 18.2. The quantitative estimate of drug-likeness (QED) is 0.168. The molecule has 250 valence electrons. The largest absolute Gasteiger partial charge is 0.208 e. The third kappa shape index (κ3) is 5.38. The number of fused-ring (bicyclic) bond motifs is 6. The monoisotopic (exact) mass is 693 g/mol. The van der Waals surface area contributed by atoms with Crippen molar-refractivity contribution in [2.45, 2.75) is 13.1 Å². The van der Waals surface area contributed by atoms with E-state index in [0.717, 1.165) is 33.2 Å². The SMILES string of the molecule is C[Si]1(C)c2cc(-c3nc(-c4cccc(-c5ccccc5)c4)nc(-c4ccc5cc(-c6ccccc6)ccc5c4)n3)ccc2-c2c1ccc1ccccc21. The van der Waals surface area contributed by atoms with E-state index in [2.05, 4.69) is 183 Å².